The molecule has 3 aromatic rings. The fourth-order valence-electron chi connectivity index (χ4n) is 4.63. The molecule has 0 aliphatic rings. The van der Waals surface area contributed by atoms with Crippen molar-refractivity contribution in [3.63, 3.8) is 0 Å². The van der Waals surface area contributed by atoms with Crippen molar-refractivity contribution in [2.45, 2.75) is 38.1 Å². The fourth-order valence-corrected chi connectivity index (χ4v) is 6.06. The second-order valence-corrected chi connectivity index (χ2v) is 12.6. The van der Waals surface area contributed by atoms with Gasteiger partial charge in [-0.3, -0.25) is 13.9 Å². The Labute approximate surface area is 266 Å². The molecule has 1 atom stereocenters. The summed E-state index contributed by atoms with van der Waals surface area (Å²) < 4.78 is 51.3. The number of hydrogen-bond donors (Lipinski definition) is 1. The van der Waals surface area contributed by atoms with Gasteiger partial charge in [0.1, 0.15) is 24.1 Å². The lowest BCUT2D eigenvalue weighted by Crippen LogP contribution is -2.52. The Morgan fingerprint density at radius 3 is 2.04 bits per heavy atom. The standard InChI is InChI=1S/C33H43N3O8S/c1-23(2)21-34-33(38)24(3)35(18-17-25-11-9-8-10-12-25)32(37)22-36(28-19-26(41-4)13-15-29(28)42-5)45(39,40)27-14-16-30(43-6)31(20-27)44-7/h8-16,19-20,23-24H,17-18,21-22H2,1-7H3,(H,34,38)/t24-/m1/s1. The summed E-state index contributed by atoms with van der Waals surface area (Å²) >= 11 is 0. The average Bonchev–Trinajstić information content (AvgIpc) is 3.05. The molecule has 11 nitrogen and oxygen atoms in total. The Bertz CT molecular complexity index is 1550. The van der Waals surface area contributed by atoms with Gasteiger partial charge < -0.3 is 29.2 Å². The van der Waals surface area contributed by atoms with Crippen LogP contribution in [0.4, 0.5) is 5.69 Å². The molecule has 0 aliphatic carbocycles. The number of carbonyl (C=O) groups excluding carboxylic acids is 2. The molecule has 0 heterocycles. The van der Waals surface area contributed by atoms with Gasteiger partial charge in [0, 0.05) is 25.2 Å². The van der Waals surface area contributed by atoms with Crippen LogP contribution in [0.15, 0.2) is 71.6 Å². The quantitative estimate of drug-likeness (QED) is 0.248. The molecular formula is C33H43N3O8S. The summed E-state index contributed by atoms with van der Waals surface area (Å²) in [6.07, 6.45) is 0.458. The molecule has 12 heteroatoms. The summed E-state index contributed by atoms with van der Waals surface area (Å²) in [7, 11) is 1.28. The molecular weight excluding hydrogens is 598 g/mol. The number of hydrogen-bond acceptors (Lipinski definition) is 8. The summed E-state index contributed by atoms with van der Waals surface area (Å²) in [6.45, 7) is 5.57. The van der Waals surface area contributed by atoms with Crippen molar-refractivity contribution in [3.8, 4) is 23.0 Å². The van der Waals surface area contributed by atoms with E-state index in [0.29, 0.717) is 24.5 Å². The van der Waals surface area contributed by atoms with Gasteiger partial charge in [-0.15, -0.1) is 0 Å². The number of anilines is 1. The van der Waals surface area contributed by atoms with E-state index in [-0.39, 0.29) is 40.5 Å². The Kier molecular flexibility index (Phi) is 12.5. The highest BCUT2D eigenvalue weighted by molar-refractivity contribution is 7.92. The molecule has 0 unspecified atom stereocenters. The highest BCUT2D eigenvalue weighted by atomic mass is 32.2. The molecule has 0 spiro atoms. The Morgan fingerprint density at radius 2 is 1.44 bits per heavy atom. The van der Waals surface area contributed by atoms with Crippen LogP contribution >= 0.6 is 0 Å². The van der Waals surface area contributed by atoms with Gasteiger partial charge in [0.05, 0.1) is 39.0 Å². The zero-order chi connectivity index (χ0) is 33.1. The number of amides is 2. The van der Waals surface area contributed by atoms with Gasteiger partial charge in [0.25, 0.3) is 10.0 Å². The van der Waals surface area contributed by atoms with Crippen molar-refractivity contribution in [1.29, 1.82) is 0 Å². The van der Waals surface area contributed by atoms with E-state index in [2.05, 4.69) is 5.32 Å². The third-order valence-electron chi connectivity index (χ3n) is 7.21. The van der Waals surface area contributed by atoms with Crippen molar-refractivity contribution in [3.05, 3.63) is 72.3 Å². The monoisotopic (exact) mass is 641 g/mol. The van der Waals surface area contributed by atoms with Gasteiger partial charge in [-0.2, -0.15) is 0 Å². The summed E-state index contributed by atoms with van der Waals surface area (Å²) in [5.74, 6) is 0.385. The van der Waals surface area contributed by atoms with E-state index < -0.39 is 28.5 Å². The Hall–Kier alpha value is -4.45. The second kappa shape index (κ2) is 16.0. The lowest BCUT2D eigenvalue weighted by Gasteiger charge is -2.32. The van der Waals surface area contributed by atoms with Gasteiger partial charge in [0.2, 0.25) is 11.8 Å². The molecule has 0 aliphatic heterocycles. The maximum absolute atomic E-state index is 14.4. The molecule has 0 saturated heterocycles. The van der Waals surface area contributed by atoms with Crippen LogP contribution in [0.5, 0.6) is 23.0 Å². The van der Waals surface area contributed by atoms with E-state index in [4.69, 9.17) is 18.9 Å². The van der Waals surface area contributed by atoms with E-state index in [1.807, 2.05) is 44.2 Å². The van der Waals surface area contributed by atoms with Crippen LogP contribution < -0.4 is 28.6 Å². The first kappa shape index (κ1) is 35.0. The summed E-state index contributed by atoms with van der Waals surface area (Å²) in [6, 6.07) is 17.5. The first-order valence-electron chi connectivity index (χ1n) is 14.5. The van der Waals surface area contributed by atoms with Gasteiger partial charge in [-0.05, 0) is 49.1 Å². The number of nitrogens with one attached hydrogen (secondary N) is 1. The number of benzene rings is 3. The van der Waals surface area contributed by atoms with Crippen molar-refractivity contribution >= 4 is 27.5 Å². The van der Waals surface area contributed by atoms with E-state index in [9.17, 15) is 18.0 Å². The first-order valence-corrected chi connectivity index (χ1v) is 16.0. The number of sulfonamides is 1. The minimum Gasteiger partial charge on any atom is -0.497 e. The highest BCUT2D eigenvalue weighted by Crippen LogP contribution is 2.37. The fraction of sp³-hybridized carbons (Fsp3) is 0.394. The van der Waals surface area contributed by atoms with Crippen LogP contribution in [0.3, 0.4) is 0 Å². The lowest BCUT2D eigenvalue weighted by molar-refractivity contribution is -0.138. The van der Waals surface area contributed by atoms with Crippen molar-refractivity contribution in [2.75, 3.05) is 52.4 Å². The zero-order valence-corrected chi connectivity index (χ0v) is 27.7. The van der Waals surface area contributed by atoms with Gasteiger partial charge in [-0.1, -0.05) is 44.2 Å². The topological polar surface area (TPSA) is 124 Å². The highest BCUT2D eigenvalue weighted by Gasteiger charge is 2.34. The maximum atomic E-state index is 14.4. The van der Waals surface area contributed by atoms with E-state index in [1.54, 1.807) is 19.1 Å². The predicted octanol–water partition coefficient (Wildman–Crippen LogP) is 4.15. The van der Waals surface area contributed by atoms with Crippen LogP contribution in [0, 0.1) is 5.92 Å². The molecule has 0 bridgehead atoms. The molecule has 3 aromatic carbocycles. The smallest absolute Gasteiger partial charge is 0.265 e. The molecule has 0 saturated carbocycles. The molecule has 0 aromatic heterocycles. The third-order valence-corrected chi connectivity index (χ3v) is 8.97. The molecule has 244 valence electrons. The Morgan fingerprint density at radius 1 is 0.800 bits per heavy atom. The molecule has 1 N–H and O–H groups in total. The lowest BCUT2D eigenvalue weighted by atomic mass is 10.1. The summed E-state index contributed by atoms with van der Waals surface area (Å²) in [5, 5.41) is 2.89. The SMILES string of the molecule is COc1ccc(OC)c(N(CC(=O)N(CCc2ccccc2)[C@H](C)C(=O)NCC(C)C)S(=O)(=O)c2ccc(OC)c(OC)c2)c1. The number of rotatable bonds is 16. The van der Waals surface area contributed by atoms with Gasteiger partial charge >= 0.3 is 0 Å². The van der Waals surface area contributed by atoms with Crippen LogP contribution in [0.1, 0.15) is 26.3 Å². The van der Waals surface area contributed by atoms with E-state index in [0.717, 1.165) is 9.87 Å². The van der Waals surface area contributed by atoms with Crippen LogP contribution in [0.25, 0.3) is 0 Å². The van der Waals surface area contributed by atoms with Crippen LogP contribution in [0.2, 0.25) is 0 Å². The van der Waals surface area contributed by atoms with Crippen molar-refractivity contribution < 1.29 is 37.0 Å². The summed E-state index contributed by atoms with van der Waals surface area (Å²) in [5.41, 5.74) is 1.05. The molecule has 3 rings (SSSR count). The summed E-state index contributed by atoms with van der Waals surface area (Å²) in [4.78, 5) is 28.7. The third kappa shape index (κ3) is 8.81. The number of carbonyl (C=O) groups is 2. The normalized spacial score (nSPS) is 11.8. The minimum atomic E-state index is -4.42. The van der Waals surface area contributed by atoms with Crippen molar-refractivity contribution in [1.82, 2.24) is 10.2 Å². The first-order chi connectivity index (χ1) is 21.5. The largest absolute Gasteiger partial charge is 0.497 e. The van der Waals surface area contributed by atoms with Crippen LogP contribution in [-0.2, 0) is 26.0 Å². The van der Waals surface area contributed by atoms with E-state index in [1.165, 1.54) is 57.6 Å². The Balaban J connectivity index is 2.11. The zero-order valence-electron chi connectivity index (χ0n) is 26.9. The van der Waals surface area contributed by atoms with Crippen molar-refractivity contribution in [2.24, 2.45) is 5.92 Å². The maximum Gasteiger partial charge on any atom is 0.265 e. The second-order valence-electron chi connectivity index (χ2n) is 10.7. The molecule has 2 amide bonds. The van der Waals surface area contributed by atoms with Gasteiger partial charge in [-0.25, -0.2) is 8.42 Å². The predicted molar refractivity (Wildman–Crippen MR) is 173 cm³/mol. The van der Waals surface area contributed by atoms with Crippen LogP contribution in [-0.4, -0.2) is 79.2 Å². The number of nitrogens with zero attached hydrogens (tertiary/aromatic N) is 2. The average molecular weight is 642 g/mol. The van der Waals surface area contributed by atoms with E-state index >= 15 is 0 Å². The number of ether oxygens (including phenoxy) is 4. The number of methoxy groups -OCH3 is 4. The molecule has 0 fully saturated rings. The minimum absolute atomic E-state index is 0.0832. The van der Waals surface area contributed by atoms with Gasteiger partial charge in [0.15, 0.2) is 11.5 Å². The molecule has 45 heavy (non-hydrogen) atoms. The molecule has 0 radical (unpaired) electrons.